The van der Waals surface area contributed by atoms with E-state index in [4.69, 9.17) is 4.74 Å². The second-order valence-electron chi connectivity index (χ2n) is 5.63. The van der Waals surface area contributed by atoms with E-state index >= 15 is 0 Å². The van der Waals surface area contributed by atoms with Crippen molar-refractivity contribution in [3.8, 4) is 5.75 Å². The Morgan fingerprint density at radius 2 is 1.91 bits per heavy atom. The van der Waals surface area contributed by atoms with Gasteiger partial charge in [-0.2, -0.15) is 0 Å². The quantitative estimate of drug-likeness (QED) is 0.862. The Hall–Kier alpha value is -2.29. The molecule has 1 aliphatic heterocycles. The minimum absolute atomic E-state index is 0.211. The predicted molar refractivity (Wildman–Crippen MR) is 88.4 cm³/mol. The average molecular weight is 295 g/mol. The van der Waals surface area contributed by atoms with Gasteiger partial charge in [0.25, 0.3) is 0 Å². The van der Waals surface area contributed by atoms with Gasteiger partial charge in [0, 0.05) is 18.7 Å². The predicted octanol–water partition coefficient (Wildman–Crippen LogP) is 3.61. The van der Waals surface area contributed by atoms with Crippen LogP contribution in [0.3, 0.4) is 0 Å². The second kappa shape index (κ2) is 6.65. The van der Waals surface area contributed by atoms with Crippen LogP contribution in [0.1, 0.15) is 24.0 Å². The van der Waals surface area contributed by atoms with Crippen molar-refractivity contribution < 1.29 is 9.53 Å². The monoisotopic (exact) mass is 295 g/mol. The number of hydrogen-bond acceptors (Lipinski definition) is 2. The highest BCUT2D eigenvalue weighted by molar-refractivity contribution is 5.94. The van der Waals surface area contributed by atoms with Crippen LogP contribution in [0.15, 0.2) is 48.5 Å². The molecule has 3 nitrogen and oxygen atoms in total. The van der Waals surface area contributed by atoms with Gasteiger partial charge in [-0.3, -0.25) is 4.79 Å². The number of hydrogen-bond donors (Lipinski definition) is 0. The zero-order chi connectivity index (χ0) is 15.4. The molecule has 0 bridgehead atoms. The summed E-state index contributed by atoms with van der Waals surface area (Å²) in [6, 6.07) is 16.2. The minimum atomic E-state index is 0.211. The molecule has 1 amide bonds. The Bertz CT molecular complexity index is 649. The lowest BCUT2D eigenvalue weighted by Crippen LogP contribution is -2.35. The average Bonchev–Trinajstić information content (AvgIpc) is 2.59. The normalized spacial score (nSPS) is 13.6. The Morgan fingerprint density at radius 3 is 2.68 bits per heavy atom. The summed E-state index contributed by atoms with van der Waals surface area (Å²) in [5, 5.41) is 0. The highest BCUT2D eigenvalue weighted by Gasteiger charge is 2.21. The molecule has 0 radical (unpaired) electrons. The van der Waals surface area contributed by atoms with Crippen molar-refractivity contribution in [2.45, 2.75) is 25.7 Å². The van der Waals surface area contributed by atoms with E-state index in [-0.39, 0.29) is 5.91 Å². The fraction of sp³-hybridized carbons (Fsp3) is 0.316. The summed E-state index contributed by atoms with van der Waals surface area (Å²) in [6.07, 6.45) is 3.42. The zero-order valence-electron chi connectivity index (χ0n) is 12.9. The largest absolute Gasteiger partial charge is 0.497 e. The third kappa shape index (κ3) is 3.14. The van der Waals surface area contributed by atoms with E-state index in [1.165, 1.54) is 11.1 Å². The maximum atomic E-state index is 12.6. The van der Waals surface area contributed by atoms with Gasteiger partial charge in [-0.05, 0) is 48.6 Å². The highest BCUT2D eigenvalue weighted by atomic mass is 16.5. The van der Waals surface area contributed by atoms with Crippen LogP contribution in [0.25, 0.3) is 0 Å². The molecule has 0 aliphatic carbocycles. The number of benzene rings is 2. The lowest BCUT2D eigenvalue weighted by Gasteiger charge is -2.29. The van der Waals surface area contributed by atoms with Gasteiger partial charge in [0.05, 0.1) is 7.11 Å². The summed E-state index contributed by atoms with van der Waals surface area (Å²) < 4.78 is 5.15. The van der Waals surface area contributed by atoms with Gasteiger partial charge in [0.1, 0.15) is 5.75 Å². The summed E-state index contributed by atoms with van der Waals surface area (Å²) in [6.45, 7) is 0.832. The van der Waals surface area contributed by atoms with Crippen molar-refractivity contribution in [1.82, 2.24) is 0 Å². The molecule has 0 saturated carbocycles. The third-order valence-corrected chi connectivity index (χ3v) is 4.20. The number of para-hydroxylation sites is 1. The molecule has 0 saturated heterocycles. The maximum absolute atomic E-state index is 12.6. The van der Waals surface area contributed by atoms with E-state index in [1.54, 1.807) is 7.11 Å². The van der Waals surface area contributed by atoms with E-state index in [1.807, 2.05) is 41.3 Å². The Kier molecular flexibility index (Phi) is 4.42. The van der Waals surface area contributed by atoms with Gasteiger partial charge < -0.3 is 9.64 Å². The van der Waals surface area contributed by atoms with Crippen LogP contribution >= 0.6 is 0 Å². The molecule has 1 heterocycles. The number of rotatable bonds is 4. The fourth-order valence-electron chi connectivity index (χ4n) is 2.97. The molecule has 0 aromatic heterocycles. The van der Waals surface area contributed by atoms with Crippen LogP contribution < -0.4 is 9.64 Å². The molecule has 114 valence electrons. The van der Waals surface area contributed by atoms with E-state index in [2.05, 4.69) is 12.1 Å². The third-order valence-electron chi connectivity index (χ3n) is 4.20. The van der Waals surface area contributed by atoms with Gasteiger partial charge in [0.2, 0.25) is 5.91 Å². The summed E-state index contributed by atoms with van der Waals surface area (Å²) in [5.74, 6) is 1.06. The van der Waals surface area contributed by atoms with Crippen molar-refractivity contribution in [3.63, 3.8) is 0 Å². The topological polar surface area (TPSA) is 29.5 Å². The van der Waals surface area contributed by atoms with Crippen molar-refractivity contribution in [1.29, 1.82) is 0 Å². The summed E-state index contributed by atoms with van der Waals surface area (Å²) >= 11 is 0. The van der Waals surface area contributed by atoms with E-state index in [0.29, 0.717) is 6.42 Å². The molecule has 3 heteroatoms. The molecule has 2 aromatic carbocycles. The van der Waals surface area contributed by atoms with Crippen LogP contribution in [-0.4, -0.2) is 19.6 Å². The van der Waals surface area contributed by atoms with Crippen LogP contribution in [-0.2, 0) is 17.6 Å². The second-order valence-corrected chi connectivity index (χ2v) is 5.63. The zero-order valence-corrected chi connectivity index (χ0v) is 12.9. The Labute approximate surface area is 131 Å². The lowest BCUT2D eigenvalue weighted by molar-refractivity contribution is -0.118. The molecular formula is C19H21NO2. The van der Waals surface area contributed by atoms with Crippen molar-refractivity contribution in [2.24, 2.45) is 0 Å². The summed E-state index contributed by atoms with van der Waals surface area (Å²) in [5.41, 5.74) is 3.54. The number of ether oxygens (including phenoxy) is 1. The molecule has 0 fully saturated rings. The van der Waals surface area contributed by atoms with E-state index < -0.39 is 0 Å². The van der Waals surface area contributed by atoms with Crippen LogP contribution in [0, 0.1) is 0 Å². The van der Waals surface area contributed by atoms with Gasteiger partial charge in [-0.15, -0.1) is 0 Å². The summed E-state index contributed by atoms with van der Waals surface area (Å²) in [7, 11) is 1.66. The molecule has 3 rings (SSSR count). The van der Waals surface area contributed by atoms with E-state index in [9.17, 15) is 4.79 Å². The fourth-order valence-corrected chi connectivity index (χ4v) is 2.97. The standard InChI is InChI=1S/C19H21NO2/c1-22-17-11-8-15(9-12-17)10-13-19(21)20-14-4-6-16-5-2-3-7-18(16)20/h2-3,5,7-9,11-12H,4,6,10,13-14H2,1H3. The van der Waals surface area contributed by atoms with Crippen LogP contribution in [0.5, 0.6) is 5.75 Å². The number of fused-ring (bicyclic) bond motifs is 1. The lowest BCUT2D eigenvalue weighted by atomic mass is 10.0. The number of aryl methyl sites for hydroxylation is 2. The van der Waals surface area contributed by atoms with Gasteiger partial charge in [0.15, 0.2) is 0 Å². The first-order valence-electron chi connectivity index (χ1n) is 7.79. The SMILES string of the molecule is COc1ccc(CCC(=O)N2CCCc3ccccc32)cc1. The number of anilines is 1. The number of amides is 1. The molecule has 22 heavy (non-hydrogen) atoms. The summed E-state index contributed by atoms with van der Waals surface area (Å²) in [4.78, 5) is 14.5. The van der Waals surface area contributed by atoms with Crippen LogP contribution in [0.4, 0.5) is 5.69 Å². The maximum Gasteiger partial charge on any atom is 0.227 e. The molecule has 0 N–H and O–H groups in total. The van der Waals surface area contributed by atoms with Crippen LogP contribution in [0.2, 0.25) is 0 Å². The molecule has 1 aliphatic rings. The number of carbonyl (C=O) groups is 1. The van der Waals surface area contributed by atoms with E-state index in [0.717, 1.165) is 37.2 Å². The number of nitrogens with zero attached hydrogens (tertiary/aromatic N) is 1. The first kappa shape index (κ1) is 14.6. The van der Waals surface area contributed by atoms with Gasteiger partial charge >= 0.3 is 0 Å². The first-order valence-corrected chi connectivity index (χ1v) is 7.79. The van der Waals surface area contributed by atoms with Crippen molar-refractivity contribution >= 4 is 11.6 Å². The van der Waals surface area contributed by atoms with Gasteiger partial charge in [-0.25, -0.2) is 0 Å². The van der Waals surface area contributed by atoms with Gasteiger partial charge in [-0.1, -0.05) is 30.3 Å². The highest BCUT2D eigenvalue weighted by Crippen LogP contribution is 2.27. The molecule has 0 unspecified atom stereocenters. The first-order chi connectivity index (χ1) is 10.8. The molecule has 0 spiro atoms. The Balaban J connectivity index is 1.65. The minimum Gasteiger partial charge on any atom is -0.497 e. The molecule has 0 atom stereocenters. The number of carbonyl (C=O) groups excluding carboxylic acids is 1. The molecule has 2 aromatic rings. The smallest absolute Gasteiger partial charge is 0.227 e. The molecular weight excluding hydrogens is 274 g/mol. The van der Waals surface area contributed by atoms with Crippen molar-refractivity contribution in [3.05, 3.63) is 59.7 Å². The van der Waals surface area contributed by atoms with Crippen molar-refractivity contribution in [2.75, 3.05) is 18.6 Å². The Morgan fingerprint density at radius 1 is 1.14 bits per heavy atom. The number of methoxy groups -OCH3 is 1.